The number of para-hydroxylation sites is 1. The van der Waals surface area contributed by atoms with Gasteiger partial charge in [0.15, 0.2) is 0 Å². The average molecular weight is 232 g/mol. The SMILES string of the molecule is CNCC(OC)c1c(C)n(C)c2ccccc12. The molecule has 3 nitrogen and oxygen atoms in total. The van der Waals surface area contributed by atoms with Crippen LogP contribution in [0.5, 0.6) is 0 Å². The predicted octanol–water partition coefficient (Wildman–Crippen LogP) is 2.39. The van der Waals surface area contributed by atoms with Gasteiger partial charge in [-0.1, -0.05) is 18.2 Å². The van der Waals surface area contributed by atoms with E-state index in [9.17, 15) is 0 Å². The van der Waals surface area contributed by atoms with Crippen LogP contribution in [0.2, 0.25) is 0 Å². The molecule has 2 rings (SSSR count). The third-order valence-corrected chi connectivity index (χ3v) is 3.44. The standard InChI is InChI=1S/C14H20N2O/c1-10-14(13(17-4)9-15-2)11-7-5-6-8-12(11)16(10)3/h5-8,13,15H,9H2,1-4H3. The van der Waals surface area contributed by atoms with Gasteiger partial charge >= 0.3 is 0 Å². The molecule has 1 atom stereocenters. The van der Waals surface area contributed by atoms with Gasteiger partial charge in [0.1, 0.15) is 0 Å². The number of nitrogens with one attached hydrogen (secondary N) is 1. The largest absolute Gasteiger partial charge is 0.375 e. The third-order valence-electron chi connectivity index (χ3n) is 3.44. The first kappa shape index (κ1) is 12.1. The molecule has 2 aromatic rings. The molecular formula is C14H20N2O. The summed E-state index contributed by atoms with van der Waals surface area (Å²) in [6.07, 6.45) is 0.103. The van der Waals surface area contributed by atoms with Gasteiger partial charge in [0, 0.05) is 42.9 Å². The Bertz CT molecular complexity index is 516. The molecule has 1 unspecified atom stereocenters. The molecule has 0 aliphatic heterocycles. The topological polar surface area (TPSA) is 26.2 Å². The number of nitrogens with zero attached hydrogens (tertiary/aromatic N) is 1. The lowest BCUT2D eigenvalue weighted by Crippen LogP contribution is -2.19. The van der Waals surface area contributed by atoms with Gasteiger partial charge in [0.25, 0.3) is 0 Å². The van der Waals surface area contributed by atoms with Crippen LogP contribution in [0.15, 0.2) is 24.3 Å². The highest BCUT2D eigenvalue weighted by Gasteiger charge is 2.19. The summed E-state index contributed by atoms with van der Waals surface area (Å²) in [6, 6.07) is 8.47. The highest BCUT2D eigenvalue weighted by atomic mass is 16.5. The second-order valence-electron chi connectivity index (χ2n) is 4.36. The summed E-state index contributed by atoms with van der Waals surface area (Å²) in [5, 5.41) is 4.47. The zero-order valence-corrected chi connectivity index (χ0v) is 10.9. The highest BCUT2D eigenvalue weighted by Crippen LogP contribution is 2.31. The van der Waals surface area contributed by atoms with Crippen LogP contribution in [-0.4, -0.2) is 25.3 Å². The Kier molecular flexibility index (Phi) is 3.50. The maximum Gasteiger partial charge on any atom is 0.0968 e. The van der Waals surface area contributed by atoms with E-state index in [1.54, 1.807) is 7.11 Å². The first-order chi connectivity index (χ1) is 8.20. The van der Waals surface area contributed by atoms with Crippen LogP contribution in [0.3, 0.4) is 0 Å². The Balaban J connectivity index is 2.63. The van der Waals surface area contributed by atoms with Crippen molar-refractivity contribution in [3.8, 4) is 0 Å². The van der Waals surface area contributed by atoms with E-state index in [1.165, 1.54) is 22.2 Å². The Labute approximate surface area is 102 Å². The molecule has 0 amide bonds. The lowest BCUT2D eigenvalue weighted by atomic mass is 10.1. The third kappa shape index (κ3) is 1.96. The molecule has 3 heteroatoms. The zero-order valence-electron chi connectivity index (χ0n) is 10.9. The molecule has 1 N–H and O–H groups in total. The summed E-state index contributed by atoms with van der Waals surface area (Å²) in [5.74, 6) is 0. The first-order valence-electron chi connectivity index (χ1n) is 5.92. The van der Waals surface area contributed by atoms with Crippen LogP contribution < -0.4 is 5.32 Å². The van der Waals surface area contributed by atoms with Gasteiger partial charge < -0.3 is 14.6 Å². The second-order valence-corrected chi connectivity index (χ2v) is 4.36. The van der Waals surface area contributed by atoms with E-state index in [0.29, 0.717) is 0 Å². The maximum atomic E-state index is 5.60. The van der Waals surface area contributed by atoms with Gasteiger partial charge in [-0.05, 0) is 20.0 Å². The fourth-order valence-corrected chi connectivity index (χ4v) is 2.45. The van der Waals surface area contributed by atoms with Crippen molar-refractivity contribution in [3.05, 3.63) is 35.5 Å². The van der Waals surface area contributed by atoms with Gasteiger partial charge in [-0.3, -0.25) is 0 Å². The van der Waals surface area contributed by atoms with Gasteiger partial charge in [0.2, 0.25) is 0 Å². The number of fused-ring (bicyclic) bond motifs is 1. The van der Waals surface area contributed by atoms with Crippen molar-refractivity contribution in [2.75, 3.05) is 20.7 Å². The van der Waals surface area contributed by atoms with E-state index in [2.05, 4.69) is 48.1 Å². The lowest BCUT2D eigenvalue weighted by Gasteiger charge is -2.15. The Morgan fingerprint density at radius 1 is 1.35 bits per heavy atom. The van der Waals surface area contributed by atoms with E-state index in [1.807, 2.05) is 7.05 Å². The molecule has 1 aromatic carbocycles. The van der Waals surface area contributed by atoms with Crippen molar-refractivity contribution in [1.82, 2.24) is 9.88 Å². The van der Waals surface area contributed by atoms with Crippen molar-refractivity contribution >= 4 is 10.9 Å². The summed E-state index contributed by atoms with van der Waals surface area (Å²) in [6.45, 7) is 2.97. The van der Waals surface area contributed by atoms with Crippen molar-refractivity contribution in [1.29, 1.82) is 0 Å². The monoisotopic (exact) mass is 232 g/mol. The van der Waals surface area contributed by atoms with Crippen LogP contribution >= 0.6 is 0 Å². The fraction of sp³-hybridized carbons (Fsp3) is 0.429. The van der Waals surface area contributed by atoms with E-state index in [4.69, 9.17) is 4.74 Å². The Morgan fingerprint density at radius 2 is 2.06 bits per heavy atom. The Morgan fingerprint density at radius 3 is 2.71 bits per heavy atom. The predicted molar refractivity (Wildman–Crippen MR) is 71.3 cm³/mol. The van der Waals surface area contributed by atoms with Gasteiger partial charge in [0.05, 0.1) is 6.10 Å². The number of ether oxygens (including phenoxy) is 1. The van der Waals surface area contributed by atoms with E-state index in [0.717, 1.165) is 6.54 Å². The van der Waals surface area contributed by atoms with Crippen LogP contribution in [-0.2, 0) is 11.8 Å². The summed E-state index contributed by atoms with van der Waals surface area (Å²) >= 11 is 0. The molecular weight excluding hydrogens is 212 g/mol. The maximum absolute atomic E-state index is 5.60. The van der Waals surface area contributed by atoms with E-state index >= 15 is 0 Å². The zero-order chi connectivity index (χ0) is 12.4. The van der Waals surface area contributed by atoms with Crippen LogP contribution in [0.25, 0.3) is 10.9 Å². The summed E-state index contributed by atoms with van der Waals surface area (Å²) in [7, 11) is 5.82. The molecule has 0 bridgehead atoms. The molecule has 0 spiro atoms. The number of rotatable bonds is 4. The first-order valence-corrected chi connectivity index (χ1v) is 5.92. The summed E-state index contributed by atoms with van der Waals surface area (Å²) in [5.41, 5.74) is 3.83. The van der Waals surface area contributed by atoms with E-state index < -0.39 is 0 Å². The van der Waals surface area contributed by atoms with E-state index in [-0.39, 0.29) is 6.10 Å². The molecule has 1 heterocycles. The minimum Gasteiger partial charge on any atom is -0.375 e. The normalized spacial score (nSPS) is 13.2. The molecule has 0 aliphatic rings. The summed E-state index contributed by atoms with van der Waals surface area (Å²) < 4.78 is 7.83. The minimum atomic E-state index is 0.103. The molecule has 0 saturated carbocycles. The van der Waals surface area contributed by atoms with Gasteiger partial charge in [-0.2, -0.15) is 0 Å². The number of methoxy groups -OCH3 is 1. The molecule has 0 aliphatic carbocycles. The fourth-order valence-electron chi connectivity index (χ4n) is 2.45. The number of aryl methyl sites for hydroxylation is 1. The number of benzene rings is 1. The van der Waals surface area contributed by atoms with Crippen molar-refractivity contribution in [2.24, 2.45) is 7.05 Å². The molecule has 17 heavy (non-hydrogen) atoms. The van der Waals surface area contributed by atoms with Gasteiger partial charge in [-0.15, -0.1) is 0 Å². The number of hydrogen-bond donors (Lipinski definition) is 1. The Hall–Kier alpha value is -1.32. The lowest BCUT2D eigenvalue weighted by molar-refractivity contribution is 0.105. The minimum absolute atomic E-state index is 0.103. The van der Waals surface area contributed by atoms with Gasteiger partial charge in [-0.25, -0.2) is 0 Å². The molecule has 0 saturated heterocycles. The average Bonchev–Trinajstić information content (AvgIpc) is 2.61. The highest BCUT2D eigenvalue weighted by molar-refractivity contribution is 5.85. The van der Waals surface area contributed by atoms with Crippen molar-refractivity contribution in [3.63, 3.8) is 0 Å². The molecule has 92 valence electrons. The number of hydrogen-bond acceptors (Lipinski definition) is 2. The van der Waals surface area contributed by atoms with Crippen molar-refractivity contribution < 1.29 is 4.74 Å². The van der Waals surface area contributed by atoms with Crippen LogP contribution in [0.4, 0.5) is 0 Å². The van der Waals surface area contributed by atoms with Crippen LogP contribution in [0.1, 0.15) is 17.4 Å². The number of likely N-dealkylation sites (N-methyl/N-ethyl adjacent to an activating group) is 1. The summed E-state index contributed by atoms with van der Waals surface area (Å²) in [4.78, 5) is 0. The molecule has 1 aromatic heterocycles. The quantitative estimate of drug-likeness (QED) is 0.876. The molecule has 0 fully saturated rings. The molecule has 0 radical (unpaired) electrons. The van der Waals surface area contributed by atoms with Crippen LogP contribution in [0, 0.1) is 6.92 Å². The second kappa shape index (κ2) is 4.90. The smallest absolute Gasteiger partial charge is 0.0968 e. The van der Waals surface area contributed by atoms with Crippen molar-refractivity contribution in [2.45, 2.75) is 13.0 Å². The number of aromatic nitrogens is 1.